The number of ether oxygens (including phenoxy) is 2. The summed E-state index contributed by atoms with van der Waals surface area (Å²) < 4.78 is 10.1. The normalized spacial score (nSPS) is 15.8. The number of nitrogens with one attached hydrogen (secondary N) is 1. The summed E-state index contributed by atoms with van der Waals surface area (Å²) in [7, 11) is 2.79. The Labute approximate surface area is 220 Å². The summed E-state index contributed by atoms with van der Waals surface area (Å²) in [6, 6.07) is 12.5. The SMILES string of the molecule is COC(=O)C1=C(Nc2ccc(N3CCN(C(=O)c4cc(Cl)ccc4OC)CC3)cc2)C(=O)N(CCO)C1. The van der Waals surface area contributed by atoms with Crippen molar-refractivity contribution in [3.63, 3.8) is 0 Å². The number of aliphatic hydroxyl groups excluding tert-OH is 1. The third-order valence-electron chi connectivity index (χ3n) is 6.41. The predicted molar refractivity (Wildman–Crippen MR) is 139 cm³/mol. The van der Waals surface area contributed by atoms with Crippen LogP contribution < -0.4 is 15.0 Å². The zero-order valence-corrected chi connectivity index (χ0v) is 21.5. The molecule has 0 radical (unpaired) electrons. The summed E-state index contributed by atoms with van der Waals surface area (Å²) in [5.41, 5.74) is 2.43. The minimum absolute atomic E-state index is 0.0799. The van der Waals surface area contributed by atoms with E-state index in [1.807, 2.05) is 24.3 Å². The van der Waals surface area contributed by atoms with Gasteiger partial charge < -0.3 is 34.6 Å². The summed E-state index contributed by atoms with van der Waals surface area (Å²) >= 11 is 6.09. The molecule has 2 aromatic carbocycles. The summed E-state index contributed by atoms with van der Waals surface area (Å²) in [5, 5.41) is 12.7. The number of hydrogen-bond donors (Lipinski definition) is 2. The molecule has 11 heteroatoms. The molecule has 0 aliphatic carbocycles. The molecule has 37 heavy (non-hydrogen) atoms. The van der Waals surface area contributed by atoms with E-state index < -0.39 is 5.97 Å². The first-order chi connectivity index (χ1) is 17.9. The van der Waals surface area contributed by atoms with Gasteiger partial charge >= 0.3 is 5.97 Å². The lowest BCUT2D eigenvalue weighted by Crippen LogP contribution is -2.48. The summed E-state index contributed by atoms with van der Waals surface area (Å²) in [6.45, 7) is 2.38. The lowest BCUT2D eigenvalue weighted by Gasteiger charge is -2.36. The predicted octanol–water partition coefficient (Wildman–Crippen LogP) is 1.98. The molecule has 0 saturated carbocycles. The molecule has 2 N–H and O–H groups in total. The minimum Gasteiger partial charge on any atom is -0.496 e. The van der Waals surface area contributed by atoms with Gasteiger partial charge in [-0.3, -0.25) is 9.59 Å². The van der Waals surface area contributed by atoms with E-state index in [0.717, 1.165) is 5.69 Å². The highest BCUT2D eigenvalue weighted by atomic mass is 35.5. The van der Waals surface area contributed by atoms with Crippen molar-refractivity contribution in [1.82, 2.24) is 9.80 Å². The summed E-state index contributed by atoms with van der Waals surface area (Å²) in [5.74, 6) is -0.582. The van der Waals surface area contributed by atoms with Crippen LogP contribution in [-0.2, 0) is 14.3 Å². The number of amides is 2. The first-order valence-corrected chi connectivity index (χ1v) is 12.2. The topological polar surface area (TPSA) is 112 Å². The highest BCUT2D eigenvalue weighted by Gasteiger charge is 2.34. The molecule has 196 valence electrons. The fourth-order valence-electron chi connectivity index (χ4n) is 4.43. The van der Waals surface area contributed by atoms with Gasteiger partial charge in [0.1, 0.15) is 11.4 Å². The summed E-state index contributed by atoms with van der Waals surface area (Å²) in [6.07, 6.45) is 0. The molecule has 1 saturated heterocycles. The Bertz CT molecular complexity index is 1210. The van der Waals surface area contributed by atoms with Gasteiger partial charge in [-0.1, -0.05) is 11.6 Å². The van der Waals surface area contributed by atoms with E-state index in [0.29, 0.717) is 48.2 Å². The quantitative estimate of drug-likeness (QED) is 0.500. The first-order valence-electron chi connectivity index (χ1n) is 11.8. The zero-order chi connectivity index (χ0) is 26.5. The molecule has 2 heterocycles. The Hall–Kier alpha value is -3.76. The van der Waals surface area contributed by atoms with E-state index in [2.05, 4.69) is 10.2 Å². The number of nitrogens with zero attached hydrogens (tertiary/aromatic N) is 3. The number of halogens is 1. The number of carbonyl (C=O) groups is 3. The first kappa shape index (κ1) is 26.3. The lowest BCUT2D eigenvalue weighted by molar-refractivity contribution is -0.136. The van der Waals surface area contributed by atoms with Crippen molar-refractivity contribution in [3.8, 4) is 5.75 Å². The molecule has 2 aliphatic heterocycles. The van der Waals surface area contributed by atoms with Crippen molar-refractivity contribution < 1.29 is 29.0 Å². The lowest BCUT2D eigenvalue weighted by atomic mass is 10.1. The van der Waals surface area contributed by atoms with Gasteiger partial charge in [0.05, 0.1) is 38.5 Å². The fourth-order valence-corrected chi connectivity index (χ4v) is 4.61. The monoisotopic (exact) mass is 528 g/mol. The standard InChI is InChI=1S/C26H29ClN4O6/c1-36-22-8-3-17(27)15-20(22)24(33)30-11-9-29(10-12-30)19-6-4-18(5-7-19)28-23-21(26(35)37-2)16-31(13-14-32)25(23)34/h3-8,15,28,32H,9-14,16H2,1-2H3. The number of hydrogen-bond acceptors (Lipinski definition) is 8. The number of carbonyl (C=O) groups excluding carboxylic acids is 3. The molecule has 0 aromatic heterocycles. The van der Waals surface area contributed by atoms with Gasteiger partial charge in [0.15, 0.2) is 0 Å². The molecule has 2 amide bonds. The van der Waals surface area contributed by atoms with Crippen LogP contribution in [0.5, 0.6) is 5.75 Å². The van der Waals surface area contributed by atoms with Gasteiger partial charge in [-0.15, -0.1) is 0 Å². The van der Waals surface area contributed by atoms with Crippen LogP contribution in [0.15, 0.2) is 53.7 Å². The Morgan fingerprint density at radius 1 is 1.05 bits per heavy atom. The van der Waals surface area contributed by atoms with E-state index in [1.165, 1.54) is 19.1 Å². The molecule has 4 rings (SSSR count). The summed E-state index contributed by atoms with van der Waals surface area (Å²) in [4.78, 5) is 43.3. The van der Waals surface area contributed by atoms with Gasteiger partial charge in [-0.05, 0) is 42.5 Å². The Kier molecular flexibility index (Phi) is 8.20. The number of benzene rings is 2. The van der Waals surface area contributed by atoms with Gasteiger partial charge in [0, 0.05) is 49.1 Å². The van der Waals surface area contributed by atoms with Gasteiger partial charge in [-0.25, -0.2) is 4.79 Å². The smallest absolute Gasteiger partial charge is 0.337 e. The van der Waals surface area contributed by atoms with E-state index in [-0.39, 0.29) is 42.8 Å². The molecule has 1 fully saturated rings. The Morgan fingerprint density at radius 3 is 2.38 bits per heavy atom. The molecule has 0 atom stereocenters. The molecular formula is C26H29ClN4O6. The number of aliphatic hydroxyl groups is 1. The third-order valence-corrected chi connectivity index (χ3v) is 6.65. The Balaban J connectivity index is 1.40. The number of methoxy groups -OCH3 is 2. The number of esters is 1. The number of β-amino-alcohol motifs (C(OH)–C–C–N with tert-alkyl or cyclic N) is 1. The van der Waals surface area contributed by atoms with Gasteiger partial charge in [0.2, 0.25) is 0 Å². The van der Waals surface area contributed by atoms with Crippen LogP contribution >= 0.6 is 11.6 Å². The largest absolute Gasteiger partial charge is 0.496 e. The second-order valence-corrected chi connectivity index (χ2v) is 9.03. The van der Waals surface area contributed by atoms with Crippen molar-refractivity contribution in [2.24, 2.45) is 0 Å². The van der Waals surface area contributed by atoms with Crippen LogP contribution in [0.3, 0.4) is 0 Å². The van der Waals surface area contributed by atoms with Crippen molar-refractivity contribution in [1.29, 1.82) is 0 Å². The molecule has 2 aliphatic rings. The van der Waals surface area contributed by atoms with Crippen LogP contribution in [0, 0.1) is 0 Å². The van der Waals surface area contributed by atoms with E-state index >= 15 is 0 Å². The van der Waals surface area contributed by atoms with Crippen LogP contribution in [0.25, 0.3) is 0 Å². The maximum Gasteiger partial charge on any atom is 0.337 e. The van der Waals surface area contributed by atoms with E-state index in [4.69, 9.17) is 21.1 Å². The van der Waals surface area contributed by atoms with Crippen molar-refractivity contribution in [3.05, 3.63) is 64.3 Å². The van der Waals surface area contributed by atoms with Gasteiger partial charge in [-0.2, -0.15) is 0 Å². The molecule has 0 spiro atoms. The number of piperazine rings is 1. The van der Waals surface area contributed by atoms with Crippen molar-refractivity contribution in [2.75, 3.05) is 70.3 Å². The number of rotatable bonds is 8. The fraction of sp³-hybridized carbons (Fsp3) is 0.346. The molecule has 0 unspecified atom stereocenters. The van der Waals surface area contributed by atoms with Gasteiger partial charge in [0.25, 0.3) is 11.8 Å². The average Bonchev–Trinajstić information content (AvgIpc) is 3.23. The molecule has 10 nitrogen and oxygen atoms in total. The highest BCUT2D eigenvalue weighted by molar-refractivity contribution is 6.31. The average molecular weight is 529 g/mol. The maximum atomic E-state index is 13.0. The Morgan fingerprint density at radius 2 is 1.76 bits per heavy atom. The van der Waals surface area contributed by atoms with Crippen molar-refractivity contribution in [2.45, 2.75) is 0 Å². The van der Waals surface area contributed by atoms with Crippen LogP contribution in [0.4, 0.5) is 11.4 Å². The second-order valence-electron chi connectivity index (χ2n) is 8.59. The minimum atomic E-state index is -0.587. The van der Waals surface area contributed by atoms with Crippen LogP contribution in [-0.4, -0.2) is 92.8 Å². The third kappa shape index (κ3) is 5.65. The second kappa shape index (κ2) is 11.5. The van der Waals surface area contributed by atoms with Crippen LogP contribution in [0.1, 0.15) is 10.4 Å². The van der Waals surface area contributed by atoms with E-state index in [9.17, 15) is 19.5 Å². The molecular weight excluding hydrogens is 500 g/mol. The van der Waals surface area contributed by atoms with E-state index in [1.54, 1.807) is 23.1 Å². The highest BCUT2D eigenvalue weighted by Crippen LogP contribution is 2.27. The molecule has 2 aromatic rings. The number of anilines is 2. The van der Waals surface area contributed by atoms with Crippen LogP contribution in [0.2, 0.25) is 5.02 Å². The molecule has 0 bridgehead atoms. The van der Waals surface area contributed by atoms with Crippen molar-refractivity contribution >= 4 is 40.8 Å². The maximum absolute atomic E-state index is 13.0. The zero-order valence-electron chi connectivity index (χ0n) is 20.7.